The third-order valence-corrected chi connectivity index (χ3v) is 6.40. The minimum absolute atomic E-state index is 0.0304. The summed E-state index contributed by atoms with van der Waals surface area (Å²) in [6, 6.07) is 21.3. The number of amides is 1. The molecule has 37 heavy (non-hydrogen) atoms. The van der Waals surface area contributed by atoms with Crippen molar-refractivity contribution in [2.24, 2.45) is 0 Å². The van der Waals surface area contributed by atoms with E-state index in [0.717, 1.165) is 5.56 Å². The van der Waals surface area contributed by atoms with E-state index in [1.807, 2.05) is 73.6 Å². The quantitative estimate of drug-likeness (QED) is 0.284. The lowest BCUT2D eigenvalue weighted by Gasteiger charge is -2.27. The highest BCUT2D eigenvalue weighted by Gasteiger charge is 2.46. The zero-order chi connectivity index (χ0) is 25.9. The summed E-state index contributed by atoms with van der Waals surface area (Å²) in [6.07, 6.45) is 0. The second-order valence-corrected chi connectivity index (χ2v) is 9.21. The number of aliphatic hydroxyl groups is 1. The van der Waals surface area contributed by atoms with E-state index in [1.165, 1.54) is 4.90 Å². The molecule has 1 amide bonds. The number of carbonyl (C=O) groups is 2. The largest absolute Gasteiger partial charge is 0.507 e. The van der Waals surface area contributed by atoms with Crippen LogP contribution in [0.1, 0.15) is 22.7 Å². The predicted octanol–water partition coefficient (Wildman–Crippen LogP) is 3.98. The molecule has 3 aromatic carbocycles. The smallest absolute Gasteiger partial charge is 0.295 e. The summed E-state index contributed by atoms with van der Waals surface area (Å²) in [5.74, 6) is -0.00642. The van der Waals surface area contributed by atoms with Gasteiger partial charge in [0, 0.05) is 18.7 Å². The molecule has 1 saturated heterocycles. The number of ketones is 1. The van der Waals surface area contributed by atoms with Gasteiger partial charge in [-0.15, -0.1) is 0 Å². The molecule has 0 spiro atoms. The molecule has 8 heteroatoms. The first-order valence-corrected chi connectivity index (χ1v) is 12.0. The van der Waals surface area contributed by atoms with E-state index >= 15 is 0 Å². The third-order valence-electron chi connectivity index (χ3n) is 6.40. The molecule has 2 aliphatic heterocycles. The standard InChI is InChI=1S/C29H28N2O6/c1-30(2)13-14-31-26(20-9-6-10-22(15-20)35-17-19-7-4-3-5-8-19)25(28(33)29(31)34)27(32)21-11-12-23-24(16-21)37-18-36-23/h3-12,15-16,26,32H,13-14,17-18H2,1-2H3/b27-25-. The maximum absolute atomic E-state index is 13.3. The highest BCUT2D eigenvalue weighted by molar-refractivity contribution is 6.46. The number of Topliss-reactive ketones (excluding diaryl/α,β-unsaturated/α-hetero) is 1. The number of hydrogen-bond acceptors (Lipinski definition) is 7. The van der Waals surface area contributed by atoms with Crippen LogP contribution in [0.5, 0.6) is 17.2 Å². The van der Waals surface area contributed by atoms with Gasteiger partial charge in [-0.2, -0.15) is 0 Å². The summed E-state index contributed by atoms with van der Waals surface area (Å²) < 4.78 is 16.8. The number of ether oxygens (including phenoxy) is 3. The molecule has 1 unspecified atom stereocenters. The number of likely N-dealkylation sites (N-methyl/N-ethyl adjacent to an activating group) is 1. The molecule has 0 saturated carbocycles. The number of likely N-dealkylation sites (tertiary alicyclic amines) is 1. The van der Waals surface area contributed by atoms with Crippen LogP contribution in [0.3, 0.4) is 0 Å². The van der Waals surface area contributed by atoms with Crippen LogP contribution >= 0.6 is 0 Å². The average molecular weight is 501 g/mol. The molecule has 2 heterocycles. The summed E-state index contributed by atoms with van der Waals surface area (Å²) in [5, 5.41) is 11.3. The Bertz CT molecular complexity index is 1350. The Hall–Kier alpha value is -4.30. The topological polar surface area (TPSA) is 88.5 Å². The van der Waals surface area contributed by atoms with Gasteiger partial charge in [-0.3, -0.25) is 9.59 Å². The van der Waals surface area contributed by atoms with Crippen molar-refractivity contribution in [2.45, 2.75) is 12.6 Å². The summed E-state index contributed by atoms with van der Waals surface area (Å²) in [5.41, 5.74) is 2.10. The summed E-state index contributed by atoms with van der Waals surface area (Å²) in [6.45, 7) is 1.33. The molecule has 5 rings (SSSR count). The van der Waals surface area contributed by atoms with E-state index in [4.69, 9.17) is 14.2 Å². The number of benzene rings is 3. The Balaban J connectivity index is 1.53. The van der Waals surface area contributed by atoms with Crippen molar-refractivity contribution in [1.82, 2.24) is 9.80 Å². The van der Waals surface area contributed by atoms with Crippen molar-refractivity contribution < 1.29 is 28.9 Å². The van der Waals surface area contributed by atoms with Gasteiger partial charge in [0.05, 0.1) is 11.6 Å². The lowest BCUT2D eigenvalue weighted by atomic mass is 9.95. The van der Waals surface area contributed by atoms with E-state index in [-0.39, 0.29) is 18.1 Å². The van der Waals surface area contributed by atoms with Gasteiger partial charge in [0.15, 0.2) is 11.5 Å². The van der Waals surface area contributed by atoms with Crippen molar-refractivity contribution in [1.29, 1.82) is 0 Å². The van der Waals surface area contributed by atoms with Crippen LogP contribution in [0.2, 0.25) is 0 Å². The molecule has 2 aliphatic rings. The minimum atomic E-state index is -0.773. The van der Waals surface area contributed by atoms with Gasteiger partial charge < -0.3 is 29.1 Å². The van der Waals surface area contributed by atoms with Crippen LogP contribution in [0.25, 0.3) is 5.76 Å². The number of nitrogens with zero attached hydrogens (tertiary/aromatic N) is 2. The van der Waals surface area contributed by atoms with Gasteiger partial charge in [0.25, 0.3) is 11.7 Å². The van der Waals surface area contributed by atoms with Gasteiger partial charge in [0.1, 0.15) is 18.1 Å². The summed E-state index contributed by atoms with van der Waals surface area (Å²) >= 11 is 0. The van der Waals surface area contributed by atoms with Gasteiger partial charge in [-0.1, -0.05) is 42.5 Å². The first kappa shape index (κ1) is 24.4. The molecule has 8 nitrogen and oxygen atoms in total. The van der Waals surface area contributed by atoms with E-state index in [9.17, 15) is 14.7 Å². The van der Waals surface area contributed by atoms with E-state index in [1.54, 1.807) is 18.2 Å². The fraction of sp³-hybridized carbons (Fsp3) is 0.241. The Morgan fingerprint density at radius 1 is 1.00 bits per heavy atom. The highest BCUT2D eigenvalue weighted by atomic mass is 16.7. The molecule has 0 aliphatic carbocycles. The molecule has 0 radical (unpaired) electrons. The fourth-order valence-corrected chi connectivity index (χ4v) is 4.48. The Kier molecular flexibility index (Phi) is 6.83. The van der Waals surface area contributed by atoms with Crippen LogP contribution in [0.4, 0.5) is 0 Å². The molecule has 1 N–H and O–H groups in total. The molecular weight excluding hydrogens is 472 g/mol. The van der Waals surface area contributed by atoms with Crippen LogP contribution in [0.15, 0.2) is 78.4 Å². The molecule has 1 fully saturated rings. The summed E-state index contributed by atoms with van der Waals surface area (Å²) in [7, 11) is 3.80. The summed E-state index contributed by atoms with van der Waals surface area (Å²) in [4.78, 5) is 29.9. The number of carbonyl (C=O) groups excluding carboxylic acids is 2. The maximum Gasteiger partial charge on any atom is 0.295 e. The third kappa shape index (κ3) is 5.01. The number of rotatable bonds is 8. The van der Waals surface area contributed by atoms with Crippen molar-refractivity contribution in [3.05, 3.63) is 95.1 Å². The SMILES string of the molecule is CN(C)CCN1C(=O)C(=O)/C(=C(\O)c2ccc3c(c2)OCO3)C1c1cccc(OCc2ccccc2)c1. The highest BCUT2D eigenvalue weighted by Crippen LogP contribution is 2.42. The van der Waals surface area contributed by atoms with Crippen molar-refractivity contribution >= 4 is 17.4 Å². The Labute approximate surface area is 215 Å². The number of fused-ring (bicyclic) bond motifs is 1. The number of hydrogen-bond donors (Lipinski definition) is 1. The van der Waals surface area contributed by atoms with Gasteiger partial charge in [-0.05, 0) is 55.6 Å². The lowest BCUT2D eigenvalue weighted by Crippen LogP contribution is -2.35. The van der Waals surface area contributed by atoms with E-state index in [2.05, 4.69) is 0 Å². The molecule has 0 bridgehead atoms. The molecule has 1 atom stereocenters. The van der Waals surface area contributed by atoms with Crippen LogP contribution in [0, 0.1) is 0 Å². The second-order valence-electron chi connectivity index (χ2n) is 9.21. The molecular formula is C29H28N2O6. The maximum atomic E-state index is 13.3. The first-order chi connectivity index (χ1) is 17.9. The van der Waals surface area contributed by atoms with Crippen LogP contribution in [-0.2, 0) is 16.2 Å². The predicted molar refractivity (Wildman–Crippen MR) is 137 cm³/mol. The normalized spacial score (nSPS) is 18.0. The zero-order valence-electron chi connectivity index (χ0n) is 20.7. The Morgan fingerprint density at radius 3 is 2.57 bits per heavy atom. The van der Waals surface area contributed by atoms with Gasteiger partial charge in [0.2, 0.25) is 6.79 Å². The fourth-order valence-electron chi connectivity index (χ4n) is 4.48. The van der Waals surface area contributed by atoms with Crippen molar-refractivity contribution in [2.75, 3.05) is 34.0 Å². The second kappa shape index (κ2) is 10.4. The van der Waals surface area contributed by atoms with Crippen molar-refractivity contribution in [3.8, 4) is 17.2 Å². The zero-order valence-corrected chi connectivity index (χ0v) is 20.7. The van der Waals surface area contributed by atoms with Crippen LogP contribution < -0.4 is 14.2 Å². The van der Waals surface area contributed by atoms with E-state index < -0.39 is 17.7 Å². The minimum Gasteiger partial charge on any atom is -0.507 e. The lowest BCUT2D eigenvalue weighted by molar-refractivity contribution is -0.140. The average Bonchev–Trinajstić information content (AvgIpc) is 3.48. The van der Waals surface area contributed by atoms with Crippen molar-refractivity contribution in [3.63, 3.8) is 0 Å². The first-order valence-electron chi connectivity index (χ1n) is 12.0. The molecule has 190 valence electrons. The van der Waals surface area contributed by atoms with Gasteiger partial charge >= 0.3 is 0 Å². The van der Waals surface area contributed by atoms with E-state index in [0.29, 0.717) is 48.1 Å². The van der Waals surface area contributed by atoms with Crippen LogP contribution in [-0.4, -0.2) is 60.6 Å². The molecule has 0 aromatic heterocycles. The van der Waals surface area contributed by atoms with Gasteiger partial charge in [-0.25, -0.2) is 0 Å². The number of aliphatic hydroxyl groups excluding tert-OH is 1. The molecule has 3 aromatic rings. The monoisotopic (exact) mass is 500 g/mol. The Morgan fingerprint density at radius 2 is 1.78 bits per heavy atom.